The zero-order chi connectivity index (χ0) is 33.0. The molecule has 0 bridgehead atoms. The zero-order valence-corrected chi connectivity index (χ0v) is 27.7. The molecule has 4 nitrogen and oxygen atoms in total. The Balaban J connectivity index is 1.13. The van der Waals surface area contributed by atoms with Crippen molar-refractivity contribution in [2.75, 3.05) is 0 Å². The second-order valence-electron chi connectivity index (χ2n) is 12.5. The summed E-state index contributed by atoms with van der Waals surface area (Å²) in [6, 6.07) is 59.8. The van der Waals surface area contributed by atoms with Gasteiger partial charge in [0.2, 0.25) is 0 Å². The minimum absolute atomic E-state index is 0.663. The van der Waals surface area contributed by atoms with Crippen LogP contribution in [0.15, 0.2) is 170 Å². The number of para-hydroxylation sites is 3. The molecule has 5 heteroatoms. The van der Waals surface area contributed by atoms with Gasteiger partial charge in [-0.15, -0.1) is 11.3 Å². The Kier molecular flexibility index (Phi) is 6.64. The molecule has 0 saturated heterocycles. The SMILES string of the molecule is c1ccc(-c2nc(-c3ccccc3)nc(-c3ccc4sc5cc(-c6cccc7c8ccccc8n(-c8ccccc8)c67)ccc5c4c3)n2)cc1. The summed E-state index contributed by atoms with van der Waals surface area (Å²) in [6.07, 6.45) is 0. The lowest BCUT2D eigenvalue weighted by atomic mass is 10.00. The summed E-state index contributed by atoms with van der Waals surface area (Å²) in [5.41, 5.74) is 8.90. The molecule has 0 fully saturated rings. The maximum Gasteiger partial charge on any atom is 0.164 e. The highest BCUT2D eigenvalue weighted by Crippen LogP contribution is 2.42. The number of nitrogens with zero attached hydrogens (tertiary/aromatic N) is 4. The van der Waals surface area contributed by atoms with Gasteiger partial charge < -0.3 is 4.57 Å². The highest BCUT2D eigenvalue weighted by molar-refractivity contribution is 7.25. The molecule has 10 aromatic rings. The van der Waals surface area contributed by atoms with Crippen LogP contribution in [0.5, 0.6) is 0 Å². The Bertz CT molecular complexity index is 2800. The van der Waals surface area contributed by atoms with Crippen molar-refractivity contribution in [3.63, 3.8) is 0 Å². The zero-order valence-electron chi connectivity index (χ0n) is 26.9. The van der Waals surface area contributed by atoms with Gasteiger partial charge in [0.15, 0.2) is 17.5 Å². The molecule has 0 aliphatic rings. The van der Waals surface area contributed by atoms with Gasteiger partial charge in [-0.2, -0.15) is 0 Å². The molecule has 0 spiro atoms. The van der Waals surface area contributed by atoms with E-state index in [4.69, 9.17) is 15.0 Å². The molecule has 0 aliphatic heterocycles. The summed E-state index contributed by atoms with van der Waals surface area (Å²) < 4.78 is 4.89. The van der Waals surface area contributed by atoms with Crippen LogP contribution >= 0.6 is 11.3 Å². The lowest BCUT2D eigenvalue weighted by Gasteiger charge is -2.12. The van der Waals surface area contributed by atoms with Gasteiger partial charge in [0, 0.05) is 58.9 Å². The Labute approximate surface area is 292 Å². The van der Waals surface area contributed by atoms with E-state index < -0.39 is 0 Å². The largest absolute Gasteiger partial charge is 0.309 e. The Hall–Kier alpha value is -6.43. The van der Waals surface area contributed by atoms with E-state index in [1.54, 1.807) is 0 Å². The lowest BCUT2D eigenvalue weighted by molar-refractivity contribution is 1.07. The van der Waals surface area contributed by atoms with E-state index in [0.29, 0.717) is 17.5 Å². The fourth-order valence-electron chi connectivity index (χ4n) is 7.12. The summed E-state index contributed by atoms with van der Waals surface area (Å²) in [5, 5.41) is 4.94. The van der Waals surface area contributed by atoms with Crippen molar-refractivity contribution < 1.29 is 0 Å². The van der Waals surface area contributed by atoms with E-state index >= 15 is 0 Å². The Morgan fingerprint density at radius 3 is 1.70 bits per heavy atom. The summed E-state index contributed by atoms with van der Waals surface area (Å²) in [6.45, 7) is 0. The molecule has 0 unspecified atom stereocenters. The Morgan fingerprint density at radius 2 is 0.980 bits per heavy atom. The highest BCUT2D eigenvalue weighted by atomic mass is 32.1. The maximum atomic E-state index is 4.98. The molecule has 0 saturated carbocycles. The number of thiophene rings is 1. The number of aromatic nitrogens is 4. The molecule has 0 N–H and O–H groups in total. The van der Waals surface area contributed by atoms with Crippen LogP contribution in [0, 0.1) is 0 Å². The van der Waals surface area contributed by atoms with Gasteiger partial charge in [0.1, 0.15) is 0 Å². The van der Waals surface area contributed by atoms with Crippen molar-refractivity contribution in [1.82, 2.24) is 19.5 Å². The minimum Gasteiger partial charge on any atom is -0.309 e. The van der Waals surface area contributed by atoms with E-state index in [1.807, 2.05) is 72.0 Å². The molecule has 0 radical (unpaired) electrons. The molecule has 0 aliphatic carbocycles. The van der Waals surface area contributed by atoms with Gasteiger partial charge in [-0.3, -0.25) is 0 Å². The van der Waals surface area contributed by atoms with Crippen LogP contribution in [0.2, 0.25) is 0 Å². The topological polar surface area (TPSA) is 43.6 Å². The van der Waals surface area contributed by atoms with Crippen LogP contribution in [-0.2, 0) is 0 Å². The Morgan fingerprint density at radius 1 is 0.380 bits per heavy atom. The van der Waals surface area contributed by atoms with Crippen molar-refractivity contribution >= 4 is 53.3 Å². The molecule has 7 aromatic carbocycles. The average molecular weight is 657 g/mol. The molecule has 234 valence electrons. The van der Waals surface area contributed by atoms with Crippen molar-refractivity contribution in [2.45, 2.75) is 0 Å². The molecule has 50 heavy (non-hydrogen) atoms. The first-order valence-electron chi connectivity index (χ1n) is 16.7. The van der Waals surface area contributed by atoms with Crippen LogP contribution in [0.25, 0.3) is 93.0 Å². The monoisotopic (exact) mass is 656 g/mol. The first kappa shape index (κ1) is 28.6. The molecule has 0 amide bonds. The van der Waals surface area contributed by atoms with E-state index in [0.717, 1.165) is 22.4 Å². The third-order valence-electron chi connectivity index (χ3n) is 9.45. The highest BCUT2D eigenvalue weighted by Gasteiger charge is 2.18. The smallest absolute Gasteiger partial charge is 0.164 e. The normalized spacial score (nSPS) is 11.6. The number of rotatable bonds is 5. The first-order valence-corrected chi connectivity index (χ1v) is 17.5. The van der Waals surface area contributed by atoms with E-state index in [-0.39, 0.29) is 0 Å². The second kappa shape index (κ2) is 11.6. The second-order valence-corrected chi connectivity index (χ2v) is 13.5. The number of hydrogen-bond acceptors (Lipinski definition) is 4. The molecular weight excluding hydrogens is 629 g/mol. The van der Waals surface area contributed by atoms with Crippen LogP contribution in [0.4, 0.5) is 0 Å². The lowest BCUT2D eigenvalue weighted by Crippen LogP contribution is -2.00. The van der Waals surface area contributed by atoms with Crippen LogP contribution in [0.3, 0.4) is 0 Å². The van der Waals surface area contributed by atoms with E-state index in [1.165, 1.54) is 53.1 Å². The van der Waals surface area contributed by atoms with E-state index in [9.17, 15) is 0 Å². The number of fused-ring (bicyclic) bond motifs is 6. The molecule has 0 atom stereocenters. The van der Waals surface area contributed by atoms with Crippen LogP contribution in [-0.4, -0.2) is 19.5 Å². The van der Waals surface area contributed by atoms with Crippen LogP contribution < -0.4 is 0 Å². The molecule has 10 rings (SSSR count). The van der Waals surface area contributed by atoms with Gasteiger partial charge in [0.05, 0.1) is 11.0 Å². The third kappa shape index (κ3) is 4.71. The van der Waals surface area contributed by atoms with Crippen molar-refractivity contribution in [2.24, 2.45) is 0 Å². The van der Waals surface area contributed by atoms with Crippen molar-refractivity contribution in [3.8, 4) is 51.0 Å². The van der Waals surface area contributed by atoms with Gasteiger partial charge in [-0.25, -0.2) is 15.0 Å². The summed E-state index contributed by atoms with van der Waals surface area (Å²) in [7, 11) is 0. The van der Waals surface area contributed by atoms with Crippen LogP contribution in [0.1, 0.15) is 0 Å². The standard InChI is InChI=1S/C45H28N4S/c1-4-13-29(14-5-1)43-46-44(30-15-6-2-7-16-30)48-45(47-43)32-24-26-40-38(27-32)36-25-23-31(28-41(36)50-40)34-20-12-21-37-35-19-10-11-22-39(35)49(42(34)37)33-17-8-3-9-18-33/h1-28H. The first-order chi connectivity index (χ1) is 24.8. The predicted molar refractivity (Wildman–Crippen MR) is 209 cm³/mol. The number of benzene rings is 7. The molecule has 3 heterocycles. The van der Waals surface area contributed by atoms with Gasteiger partial charge in [0.25, 0.3) is 0 Å². The van der Waals surface area contributed by atoms with E-state index in [2.05, 4.69) is 114 Å². The van der Waals surface area contributed by atoms with Crippen molar-refractivity contribution in [1.29, 1.82) is 0 Å². The summed E-state index contributed by atoms with van der Waals surface area (Å²) in [4.78, 5) is 14.8. The third-order valence-corrected chi connectivity index (χ3v) is 10.6. The summed E-state index contributed by atoms with van der Waals surface area (Å²) in [5.74, 6) is 1.99. The molecule has 3 aromatic heterocycles. The maximum absolute atomic E-state index is 4.98. The predicted octanol–water partition coefficient (Wildman–Crippen LogP) is 12.0. The van der Waals surface area contributed by atoms with Crippen molar-refractivity contribution in [3.05, 3.63) is 170 Å². The molecular formula is C45H28N4S. The fourth-order valence-corrected chi connectivity index (χ4v) is 8.24. The average Bonchev–Trinajstić information content (AvgIpc) is 3.74. The van der Waals surface area contributed by atoms with Gasteiger partial charge in [-0.05, 0) is 48.0 Å². The quantitative estimate of drug-likeness (QED) is 0.185. The minimum atomic E-state index is 0.663. The van der Waals surface area contributed by atoms with Gasteiger partial charge in [-0.1, -0.05) is 127 Å². The number of hydrogen-bond donors (Lipinski definition) is 0. The summed E-state index contributed by atoms with van der Waals surface area (Å²) >= 11 is 1.83. The fraction of sp³-hybridized carbons (Fsp3) is 0. The van der Waals surface area contributed by atoms with Gasteiger partial charge >= 0.3 is 0 Å².